The highest BCUT2D eigenvalue weighted by atomic mass is 32.1. The maximum atomic E-state index is 4.33. The van der Waals surface area contributed by atoms with Crippen LogP contribution in [-0.2, 0) is 6.54 Å². The lowest BCUT2D eigenvalue weighted by Gasteiger charge is -2.22. The minimum absolute atomic E-state index is 0.738. The molecule has 4 heteroatoms. The van der Waals surface area contributed by atoms with Gasteiger partial charge >= 0.3 is 0 Å². The van der Waals surface area contributed by atoms with Crippen LogP contribution in [0.1, 0.15) is 29.1 Å². The maximum absolute atomic E-state index is 4.33. The number of aryl methyl sites for hydroxylation is 1. The van der Waals surface area contributed by atoms with Gasteiger partial charge in [0.2, 0.25) is 0 Å². The predicted molar refractivity (Wildman–Crippen MR) is 66.7 cm³/mol. The number of nitrogens with one attached hydrogen (secondary N) is 1. The highest BCUT2D eigenvalue weighted by Gasteiger charge is 2.29. The average Bonchev–Trinajstić information content (AvgIpc) is 2.77. The lowest BCUT2D eigenvalue weighted by molar-refractivity contribution is 0.253. The van der Waals surface area contributed by atoms with E-state index >= 15 is 0 Å². The van der Waals surface area contributed by atoms with Crippen LogP contribution in [0.2, 0.25) is 0 Å². The van der Waals surface area contributed by atoms with E-state index < -0.39 is 0 Å². The van der Waals surface area contributed by atoms with E-state index in [1.807, 2.05) is 17.5 Å². The number of nitrogens with zero attached hydrogens (tertiary/aromatic N) is 2. The van der Waals surface area contributed by atoms with Crippen molar-refractivity contribution in [3.63, 3.8) is 0 Å². The molecule has 0 amide bonds. The number of hydrogen-bond donors (Lipinski definition) is 1. The van der Waals surface area contributed by atoms with Gasteiger partial charge < -0.3 is 5.32 Å². The lowest BCUT2D eigenvalue weighted by Crippen LogP contribution is -2.34. The number of thiazole rings is 1. The van der Waals surface area contributed by atoms with Gasteiger partial charge in [-0.2, -0.15) is 0 Å². The first-order chi connectivity index (χ1) is 7.79. The third-order valence-electron chi connectivity index (χ3n) is 3.66. The fraction of sp³-hybridized carbons (Fsp3) is 0.750. The fourth-order valence-corrected chi connectivity index (χ4v) is 3.70. The third-order valence-corrected chi connectivity index (χ3v) is 4.55. The molecule has 1 aromatic heterocycles. The standard InChI is InChI=1S/C12H19N3S/c1-9-13-6-12(16-9)8-15-5-4-10-2-3-11(7-15)14-10/h6,10-11,14H,2-5,7-8H2,1H3. The first kappa shape index (κ1) is 10.7. The largest absolute Gasteiger partial charge is 0.310 e. The van der Waals surface area contributed by atoms with Gasteiger partial charge in [-0.1, -0.05) is 0 Å². The predicted octanol–water partition coefficient (Wildman–Crippen LogP) is 1.78. The molecule has 0 radical (unpaired) electrons. The zero-order valence-corrected chi connectivity index (χ0v) is 10.6. The van der Waals surface area contributed by atoms with Gasteiger partial charge in [-0.15, -0.1) is 11.3 Å². The molecule has 0 spiro atoms. The minimum Gasteiger partial charge on any atom is -0.310 e. The molecule has 0 saturated carbocycles. The van der Waals surface area contributed by atoms with Crippen molar-refractivity contribution in [1.82, 2.24) is 15.2 Å². The SMILES string of the molecule is Cc1ncc(CN2CCC3CCC(C2)N3)s1. The molecule has 2 bridgehead atoms. The van der Waals surface area contributed by atoms with E-state index in [2.05, 4.69) is 22.1 Å². The molecule has 2 aliphatic heterocycles. The molecular weight excluding hydrogens is 218 g/mol. The normalized spacial score (nSPS) is 30.6. The monoisotopic (exact) mass is 237 g/mol. The summed E-state index contributed by atoms with van der Waals surface area (Å²) in [5, 5.41) is 4.90. The van der Waals surface area contributed by atoms with Crippen LogP contribution in [0, 0.1) is 6.92 Å². The van der Waals surface area contributed by atoms with Crippen molar-refractivity contribution in [2.24, 2.45) is 0 Å². The number of aromatic nitrogens is 1. The van der Waals surface area contributed by atoms with E-state index in [0.717, 1.165) is 18.6 Å². The van der Waals surface area contributed by atoms with Crippen molar-refractivity contribution in [2.75, 3.05) is 13.1 Å². The number of hydrogen-bond acceptors (Lipinski definition) is 4. The smallest absolute Gasteiger partial charge is 0.0897 e. The van der Waals surface area contributed by atoms with Crippen LogP contribution < -0.4 is 5.32 Å². The number of likely N-dealkylation sites (tertiary alicyclic amines) is 1. The van der Waals surface area contributed by atoms with Gasteiger partial charge in [0.25, 0.3) is 0 Å². The summed E-state index contributed by atoms with van der Waals surface area (Å²) < 4.78 is 0. The summed E-state index contributed by atoms with van der Waals surface area (Å²) in [4.78, 5) is 8.33. The Bertz CT molecular complexity index is 363. The molecule has 88 valence electrons. The summed E-state index contributed by atoms with van der Waals surface area (Å²) in [5.74, 6) is 0. The van der Waals surface area contributed by atoms with Gasteiger partial charge in [-0.05, 0) is 26.2 Å². The van der Waals surface area contributed by atoms with Gasteiger partial charge in [0.1, 0.15) is 0 Å². The molecule has 2 aliphatic rings. The quantitative estimate of drug-likeness (QED) is 0.850. The Labute approximate surface area is 101 Å². The molecule has 0 aromatic carbocycles. The summed E-state index contributed by atoms with van der Waals surface area (Å²) in [6, 6.07) is 1.53. The van der Waals surface area contributed by atoms with Crippen LogP contribution in [0.4, 0.5) is 0 Å². The highest BCUT2D eigenvalue weighted by molar-refractivity contribution is 7.11. The first-order valence-corrected chi connectivity index (χ1v) is 7.01. The molecule has 2 saturated heterocycles. The maximum Gasteiger partial charge on any atom is 0.0897 e. The van der Waals surface area contributed by atoms with Crippen LogP contribution in [-0.4, -0.2) is 35.1 Å². The second-order valence-electron chi connectivity index (χ2n) is 5.01. The molecule has 1 aromatic rings. The second kappa shape index (κ2) is 4.43. The molecule has 0 aliphatic carbocycles. The van der Waals surface area contributed by atoms with Crippen LogP contribution in [0.5, 0.6) is 0 Å². The Hall–Kier alpha value is -0.450. The zero-order chi connectivity index (χ0) is 11.0. The van der Waals surface area contributed by atoms with Gasteiger partial charge in [0.15, 0.2) is 0 Å². The fourth-order valence-electron chi connectivity index (χ4n) is 2.86. The van der Waals surface area contributed by atoms with Gasteiger partial charge in [-0.3, -0.25) is 4.90 Å². The Kier molecular flexibility index (Phi) is 2.96. The first-order valence-electron chi connectivity index (χ1n) is 6.19. The van der Waals surface area contributed by atoms with E-state index in [-0.39, 0.29) is 0 Å². The molecule has 2 unspecified atom stereocenters. The Balaban J connectivity index is 1.63. The summed E-state index contributed by atoms with van der Waals surface area (Å²) in [7, 11) is 0. The van der Waals surface area contributed by atoms with E-state index in [4.69, 9.17) is 0 Å². The van der Waals surface area contributed by atoms with E-state index in [9.17, 15) is 0 Å². The van der Waals surface area contributed by atoms with Gasteiger partial charge in [0, 0.05) is 42.8 Å². The van der Waals surface area contributed by atoms with Crippen molar-refractivity contribution in [1.29, 1.82) is 0 Å². The third kappa shape index (κ3) is 2.29. The van der Waals surface area contributed by atoms with Crippen molar-refractivity contribution in [3.05, 3.63) is 16.1 Å². The van der Waals surface area contributed by atoms with Crippen LogP contribution in [0.3, 0.4) is 0 Å². The summed E-state index contributed by atoms with van der Waals surface area (Å²) >= 11 is 1.84. The van der Waals surface area contributed by atoms with Crippen LogP contribution in [0.15, 0.2) is 6.20 Å². The second-order valence-corrected chi connectivity index (χ2v) is 6.33. The number of rotatable bonds is 2. The summed E-state index contributed by atoms with van der Waals surface area (Å²) in [6.45, 7) is 5.63. The minimum atomic E-state index is 0.738. The Morgan fingerprint density at radius 2 is 2.31 bits per heavy atom. The van der Waals surface area contributed by atoms with E-state index in [1.54, 1.807) is 0 Å². The van der Waals surface area contributed by atoms with Gasteiger partial charge in [-0.25, -0.2) is 4.98 Å². The van der Waals surface area contributed by atoms with Crippen molar-refractivity contribution in [3.8, 4) is 0 Å². The lowest BCUT2D eigenvalue weighted by atomic mass is 10.1. The summed E-state index contributed by atoms with van der Waals surface area (Å²) in [5.41, 5.74) is 0. The molecule has 3 heterocycles. The molecule has 1 N–H and O–H groups in total. The molecular formula is C12H19N3S. The highest BCUT2D eigenvalue weighted by Crippen LogP contribution is 2.22. The van der Waals surface area contributed by atoms with Gasteiger partial charge in [0.05, 0.1) is 5.01 Å². The average molecular weight is 237 g/mol. The molecule has 2 atom stereocenters. The molecule has 16 heavy (non-hydrogen) atoms. The molecule has 3 rings (SSSR count). The van der Waals surface area contributed by atoms with Crippen molar-refractivity contribution < 1.29 is 0 Å². The van der Waals surface area contributed by atoms with E-state index in [0.29, 0.717) is 0 Å². The van der Waals surface area contributed by atoms with Crippen molar-refractivity contribution in [2.45, 2.75) is 44.8 Å². The molecule has 2 fully saturated rings. The van der Waals surface area contributed by atoms with Crippen LogP contribution in [0.25, 0.3) is 0 Å². The van der Waals surface area contributed by atoms with E-state index in [1.165, 1.54) is 42.2 Å². The Morgan fingerprint density at radius 3 is 3.12 bits per heavy atom. The Morgan fingerprint density at radius 1 is 1.44 bits per heavy atom. The van der Waals surface area contributed by atoms with Crippen molar-refractivity contribution >= 4 is 11.3 Å². The zero-order valence-electron chi connectivity index (χ0n) is 9.78. The number of fused-ring (bicyclic) bond motifs is 2. The topological polar surface area (TPSA) is 28.2 Å². The van der Waals surface area contributed by atoms with Crippen LogP contribution >= 0.6 is 11.3 Å². The summed E-state index contributed by atoms with van der Waals surface area (Å²) in [6.07, 6.45) is 6.10. The molecule has 3 nitrogen and oxygen atoms in total.